The summed E-state index contributed by atoms with van der Waals surface area (Å²) < 4.78 is 0.896. The van der Waals surface area contributed by atoms with Gasteiger partial charge in [0.05, 0.1) is 12.6 Å². The zero-order chi connectivity index (χ0) is 14.5. The predicted molar refractivity (Wildman–Crippen MR) is 78.3 cm³/mol. The van der Waals surface area contributed by atoms with E-state index in [-0.39, 0.29) is 18.4 Å². The molecule has 1 fully saturated rings. The molecule has 1 aliphatic rings. The Morgan fingerprint density at radius 1 is 1.35 bits per heavy atom. The van der Waals surface area contributed by atoms with Gasteiger partial charge in [-0.2, -0.15) is 0 Å². The average Bonchev–Trinajstić information content (AvgIpc) is 2.45. The molecule has 0 aromatic heterocycles. The van der Waals surface area contributed by atoms with Crippen LogP contribution in [0.2, 0.25) is 0 Å². The van der Waals surface area contributed by atoms with Gasteiger partial charge in [-0.1, -0.05) is 15.9 Å². The minimum atomic E-state index is -0.449. The molecule has 108 valence electrons. The number of nitrogens with one attached hydrogen (secondary N) is 1. The van der Waals surface area contributed by atoms with Crippen LogP contribution in [-0.4, -0.2) is 47.6 Å². The molecular weight excluding hydrogens is 324 g/mol. The summed E-state index contributed by atoms with van der Waals surface area (Å²) in [6.45, 7) is 0.957. The topological polar surface area (TPSA) is 69.6 Å². The van der Waals surface area contributed by atoms with Crippen LogP contribution in [0.3, 0.4) is 0 Å². The van der Waals surface area contributed by atoms with Gasteiger partial charge in [0, 0.05) is 23.1 Å². The second kappa shape index (κ2) is 6.85. The minimum Gasteiger partial charge on any atom is -0.391 e. The van der Waals surface area contributed by atoms with E-state index in [9.17, 15) is 14.7 Å². The fraction of sp³-hybridized carbons (Fsp3) is 0.429. The van der Waals surface area contributed by atoms with Crippen molar-refractivity contribution in [2.45, 2.75) is 18.9 Å². The van der Waals surface area contributed by atoms with Crippen LogP contribution < -0.4 is 5.32 Å². The number of likely N-dealkylation sites (tertiary alicyclic amines) is 1. The van der Waals surface area contributed by atoms with Crippen molar-refractivity contribution in [2.75, 3.05) is 19.6 Å². The van der Waals surface area contributed by atoms with Crippen molar-refractivity contribution in [3.8, 4) is 0 Å². The molecule has 20 heavy (non-hydrogen) atoms. The minimum absolute atomic E-state index is 0.0401. The summed E-state index contributed by atoms with van der Waals surface area (Å²) in [6.07, 6.45) is 1.08. The molecule has 1 aliphatic heterocycles. The smallest absolute Gasteiger partial charge is 0.251 e. The summed E-state index contributed by atoms with van der Waals surface area (Å²) >= 11 is 3.30. The van der Waals surface area contributed by atoms with Gasteiger partial charge in [0.25, 0.3) is 5.91 Å². The number of hydrogen-bond acceptors (Lipinski definition) is 3. The van der Waals surface area contributed by atoms with E-state index in [1.54, 1.807) is 29.2 Å². The van der Waals surface area contributed by atoms with Crippen LogP contribution in [0.1, 0.15) is 23.2 Å². The molecule has 0 radical (unpaired) electrons. The zero-order valence-electron chi connectivity index (χ0n) is 11.0. The van der Waals surface area contributed by atoms with Gasteiger partial charge >= 0.3 is 0 Å². The Labute approximate surface area is 126 Å². The highest BCUT2D eigenvalue weighted by Crippen LogP contribution is 2.11. The maximum atomic E-state index is 11.9. The lowest BCUT2D eigenvalue weighted by Crippen LogP contribution is -2.46. The number of carbonyl (C=O) groups is 2. The molecule has 1 saturated heterocycles. The third kappa shape index (κ3) is 4.05. The van der Waals surface area contributed by atoms with Crippen LogP contribution in [0.15, 0.2) is 28.7 Å². The van der Waals surface area contributed by atoms with Crippen molar-refractivity contribution in [1.29, 1.82) is 0 Å². The number of benzene rings is 1. The molecule has 1 aromatic rings. The van der Waals surface area contributed by atoms with Gasteiger partial charge < -0.3 is 15.3 Å². The number of amides is 2. The van der Waals surface area contributed by atoms with E-state index in [1.807, 2.05) is 0 Å². The van der Waals surface area contributed by atoms with Crippen LogP contribution in [0.5, 0.6) is 0 Å². The SMILES string of the molecule is O=C(NCC(=O)N1CCCC(O)C1)c1ccc(Br)cc1. The largest absolute Gasteiger partial charge is 0.391 e. The van der Waals surface area contributed by atoms with E-state index < -0.39 is 6.10 Å². The Balaban J connectivity index is 1.83. The highest BCUT2D eigenvalue weighted by Gasteiger charge is 2.22. The second-order valence-electron chi connectivity index (χ2n) is 4.83. The molecule has 5 nitrogen and oxygen atoms in total. The molecule has 6 heteroatoms. The first kappa shape index (κ1) is 15.0. The third-order valence-corrected chi connectivity index (χ3v) is 3.78. The van der Waals surface area contributed by atoms with Crippen LogP contribution >= 0.6 is 15.9 Å². The standard InChI is InChI=1S/C14H17BrN2O3/c15-11-5-3-10(4-6-11)14(20)16-8-13(19)17-7-1-2-12(18)9-17/h3-6,12,18H,1-2,7-9H2,(H,16,20). The van der Waals surface area contributed by atoms with Gasteiger partial charge in [-0.3, -0.25) is 9.59 Å². The fourth-order valence-corrected chi connectivity index (χ4v) is 2.42. The van der Waals surface area contributed by atoms with Crippen LogP contribution in [0.4, 0.5) is 0 Å². The van der Waals surface area contributed by atoms with Crippen molar-refractivity contribution in [2.24, 2.45) is 0 Å². The lowest BCUT2D eigenvalue weighted by molar-refractivity contribution is -0.133. The van der Waals surface area contributed by atoms with Crippen molar-refractivity contribution in [3.63, 3.8) is 0 Å². The Morgan fingerprint density at radius 2 is 2.05 bits per heavy atom. The molecule has 0 saturated carbocycles. The average molecular weight is 341 g/mol. The van der Waals surface area contributed by atoms with E-state index in [2.05, 4.69) is 21.2 Å². The summed E-state index contributed by atoms with van der Waals surface area (Å²) in [5, 5.41) is 12.1. The Kier molecular flexibility index (Phi) is 5.14. The molecule has 2 N–H and O–H groups in total. The number of piperidine rings is 1. The first-order valence-electron chi connectivity index (χ1n) is 6.56. The number of carbonyl (C=O) groups excluding carboxylic acids is 2. The van der Waals surface area contributed by atoms with Crippen molar-refractivity contribution < 1.29 is 14.7 Å². The summed E-state index contributed by atoms with van der Waals surface area (Å²) in [5.41, 5.74) is 0.514. The number of halogens is 1. The predicted octanol–water partition coefficient (Wildman–Crippen LogP) is 1.16. The monoisotopic (exact) mass is 340 g/mol. The van der Waals surface area contributed by atoms with E-state index in [0.29, 0.717) is 18.7 Å². The molecule has 1 unspecified atom stereocenters. The first-order chi connectivity index (χ1) is 9.56. The van der Waals surface area contributed by atoms with Gasteiger partial charge in [-0.15, -0.1) is 0 Å². The highest BCUT2D eigenvalue weighted by atomic mass is 79.9. The Morgan fingerprint density at radius 3 is 2.70 bits per heavy atom. The van der Waals surface area contributed by atoms with Gasteiger partial charge in [0.1, 0.15) is 0 Å². The van der Waals surface area contributed by atoms with Crippen LogP contribution in [0, 0.1) is 0 Å². The van der Waals surface area contributed by atoms with Gasteiger partial charge in [0.15, 0.2) is 0 Å². The number of aliphatic hydroxyl groups excluding tert-OH is 1. The van der Waals surface area contributed by atoms with Gasteiger partial charge in [0.2, 0.25) is 5.91 Å². The van der Waals surface area contributed by atoms with Crippen molar-refractivity contribution in [1.82, 2.24) is 10.2 Å². The molecule has 2 amide bonds. The molecule has 1 heterocycles. The lowest BCUT2D eigenvalue weighted by atomic mass is 10.1. The van der Waals surface area contributed by atoms with Crippen LogP contribution in [-0.2, 0) is 4.79 Å². The molecule has 0 bridgehead atoms. The number of aliphatic hydroxyl groups is 1. The van der Waals surface area contributed by atoms with Gasteiger partial charge in [-0.05, 0) is 37.1 Å². The number of nitrogens with zero attached hydrogens (tertiary/aromatic N) is 1. The normalized spacial score (nSPS) is 18.7. The Hall–Kier alpha value is -1.40. The summed E-state index contributed by atoms with van der Waals surface area (Å²) in [7, 11) is 0. The molecule has 0 aliphatic carbocycles. The fourth-order valence-electron chi connectivity index (χ4n) is 2.15. The van der Waals surface area contributed by atoms with E-state index in [4.69, 9.17) is 0 Å². The van der Waals surface area contributed by atoms with Crippen molar-refractivity contribution in [3.05, 3.63) is 34.3 Å². The number of rotatable bonds is 3. The maximum absolute atomic E-state index is 11.9. The van der Waals surface area contributed by atoms with E-state index in [1.165, 1.54) is 0 Å². The first-order valence-corrected chi connectivity index (χ1v) is 7.35. The number of hydrogen-bond donors (Lipinski definition) is 2. The van der Waals surface area contributed by atoms with Crippen LogP contribution in [0.25, 0.3) is 0 Å². The Bertz CT molecular complexity index is 490. The molecule has 1 aromatic carbocycles. The highest BCUT2D eigenvalue weighted by molar-refractivity contribution is 9.10. The van der Waals surface area contributed by atoms with E-state index in [0.717, 1.165) is 17.3 Å². The quantitative estimate of drug-likeness (QED) is 0.867. The molecular formula is C14H17BrN2O3. The third-order valence-electron chi connectivity index (χ3n) is 3.26. The van der Waals surface area contributed by atoms with Crippen molar-refractivity contribution >= 4 is 27.7 Å². The van der Waals surface area contributed by atoms with E-state index >= 15 is 0 Å². The summed E-state index contributed by atoms with van der Waals surface area (Å²) in [5.74, 6) is -0.433. The summed E-state index contributed by atoms with van der Waals surface area (Å²) in [4.78, 5) is 25.4. The molecule has 1 atom stereocenters. The maximum Gasteiger partial charge on any atom is 0.251 e. The molecule has 0 spiro atoms. The lowest BCUT2D eigenvalue weighted by Gasteiger charge is -2.30. The molecule has 2 rings (SSSR count). The second-order valence-corrected chi connectivity index (χ2v) is 5.74. The van der Waals surface area contributed by atoms with Gasteiger partial charge in [-0.25, -0.2) is 0 Å². The zero-order valence-corrected chi connectivity index (χ0v) is 12.6. The summed E-state index contributed by atoms with van der Waals surface area (Å²) in [6, 6.07) is 6.93. The number of β-amino-alcohol motifs (C(OH)–C–C–N with tert-alkyl or cyclic N) is 1.